The molecule has 104 valence electrons. The molecule has 0 amide bonds. The molecule has 0 radical (unpaired) electrons. The van der Waals surface area contributed by atoms with Crippen LogP contribution in [0.25, 0.3) is 0 Å². The predicted molar refractivity (Wildman–Crippen MR) is 81.6 cm³/mol. The summed E-state index contributed by atoms with van der Waals surface area (Å²) in [6.07, 6.45) is 11.5. The van der Waals surface area contributed by atoms with Crippen molar-refractivity contribution in [1.82, 2.24) is 0 Å². The van der Waals surface area contributed by atoms with Crippen LogP contribution in [0.2, 0.25) is 0 Å². The molecule has 2 rings (SSSR count). The second-order valence-electron chi connectivity index (χ2n) is 5.80. The normalized spacial score (nSPS) is 23.0. The summed E-state index contributed by atoms with van der Waals surface area (Å²) in [6, 6.07) is 8.52. The first-order valence-electron chi connectivity index (χ1n) is 7.55. The minimum absolute atomic E-state index is 0.912. The van der Waals surface area contributed by atoms with E-state index in [2.05, 4.69) is 36.9 Å². The quantitative estimate of drug-likeness (QED) is 0.652. The van der Waals surface area contributed by atoms with Gasteiger partial charge in [0.25, 0.3) is 0 Å². The maximum Gasteiger partial charge on any atom is 0.118 e. The first-order valence-corrected chi connectivity index (χ1v) is 7.55. The lowest BCUT2D eigenvalue weighted by Crippen LogP contribution is -2.14. The highest BCUT2D eigenvalue weighted by molar-refractivity contribution is 5.27. The van der Waals surface area contributed by atoms with Gasteiger partial charge in [0, 0.05) is 0 Å². The Kier molecular flexibility index (Phi) is 5.50. The first kappa shape index (κ1) is 14.2. The van der Waals surface area contributed by atoms with Gasteiger partial charge >= 0.3 is 0 Å². The van der Waals surface area contributed by atoms with Crippen LogP contribution in [0.1, 0.15) is 44.1 Å². The molecule has 1 aliphatic carbocycles. The molecule has 0 bridgehead atoms. The summed E-state index contributed by atoms with van der Waals surface area (Å²) in [5.41, 5.74) is 1.44. The van der Waals surface area contributed by atoms with Crippen molar-refractivity contribution >= 4 is 0 Å². The van der Waals surface area contributed by atoms with E-state index < -0.39 is 0 Å². The third kappa shape index (κ3) is 4.41. The maximum atomic E-state index is 5.19. The molecule has 1 nitrogen and oxygen atoms in total. The fourth-order valence-corrected chi connectivity index (χ4v) is 3.15. The zero-order valence-corrected chi connectivity index (χ0v) is 12.1. The smallest absolute Gasteiger partial charge is 0.118 e. The van der Waals surface area contributed by atoms with Gasteiger partial charge in [0.1, 0.15) is 5.75 Å². The second kappa shape index (κ2) is 7.37. The Balaban J connectivity index is 1.72. The minimum Gasteiger partial charge on any atom is -0.497 e. The Labute approximate surface area is 117 Å². The molecule has 0 saturated heterocycles. The van der Waals surface area contributed by atoms with Crippen LogP contribution >= 0.6 is 0 Å². The lowest BCUT2D eigenvalue weighted by Gasteiger charge is -2.27. The molecular formula is C18H26O. The van der Waals surface area contributed by atoms with Crippen LogP contribution in [0, 0.1) is 11.8 Å². The summed E-state index contributed by atoms with van der Waals surface area (Å²) in [5.74, 6) is 2.80. The van der Waals surface area contributed by atoms with E-state index in [4.69, 9.17) is 4.74 Å². The average Bonchev–Trinajstić information content (AvgIpc) is 2.47. The second-order valence-corrected chi connectivity index (χ2v) is 5.80. The number of hydrogen-bond donors (Lipinski definition) is 0. The largest absolute Gasteiger partial charge is 0.497 e. The van der Waals surface area contributed by atoms with Gasteiger partial charge in [-0.2, -0.15) is 0 Å². The van der Waals surface area contributed by atoms with Crippen LogP contribution in [-0.4, -0.2) is 7.11 Å². The van der Waals surface area contributed by atoms with Crippen molar-refractivity contribution in [3.63, 3.8) is 0 Å². The number of rotatable bonds is 6. The molecule has 0 aliphatic heterocycles. The highest BCUT2D eigenvalue weighted by atomic mass is 16.5. The summed E-state index contributed by atoms with van der Waals surface area (Å²) in [4.78, 5) is 0. The average molecular weight is 258 g/mol. The van der Waals surface area contributed by atoms with Gasteiger partial charge in [-0.3, -0.25) is 0 Å². The monoisotopic (exact) mass is 258 g/mol. The molecule has 0 heterocycles. The molecule has 1 aromatic carbocycles. The molecule has 19 heavy (non-hydrogen) atoms. The topological polar surface area (TPSA) is 9.23 Å². The van der Waals surface area contributed by atoms with E-state index in [1.807, 2.05) is 0 Å². The summed E-state index contributed by atoms with van der Waals surface area (Å²) in [5, 5.41) is 0. The van der Waals surface area contributed by atoms with Crippen molar-refractivity contribution in [2.75, 3.05) is 7.11 Å². The van der Waals surface area contributed by atoms with Gasteiger partial charge in [0.15, 0.2) is 0 Å². The third-order valence-corrected chi connectivity index (χ3v) is 4.47. The highest BCUT2D eigenvalue weighted by Gasteiger charge is 2.19. The summed E-state index contributed by atoms with van der Waals surface area (Å²) < 4.78 is 5.19. The van der Waals surface area contributed by atoms with Crippen molar-refractivity contribution in [3.05, 3.63) is 42.5 Å². The summed E-state index contributed by atoms with van der Waals surface area (Å²) in [7, 11) is 1.72. The van der Waals surface area contributed by atoms with Crippen molar-refractivity contribution in [2.24, 2.45) is 11.8 Å². The molecular weight excluding hydrogens is 232 g/mol. The van der Waals surface area contributed by atoms with Gasteiger partial charge in [-0.15, -0.1) is 6.58 Å². The molecule has 1 aromatic rings. The zero-order valence-electron chi connectivity index (χ0n) is 12.1. The van der Waals surface area contributed by atoms with E-state index >= 15 is 0 Å². The number of ether oxygens (including phenoxy) is 1. The number of allylic oxidation sites excluding steroid dienone is 1. The van der Waals surface area contributed by atoms with Crippen molar-refractivity contribution in [3.8, 4) is 5.75 Å². The van der Waals surface area contributed by atoms with E-state index in [1.54, 1.807) is 7.11 Å². The molecule has 0 N–H and O–H groups in total. The lowest BCUT2D eigenvalue weighted by atomic mass is 9.78. The third-order valence-electron chi connectivity index (χ3n) is 4.47. The summed E-state index contributed by atoms with van der Waals surface area (Å²) >= 11 is 0. The van der Waals surface area contributed by atoms with Crippen molar-refractivity contribution in [2.45, 2.75) is 44.9 Å². The molecule has 0 spiro atoms. The Bertz CT molecular complexity index is 371. The highest BCUT2D eigenvalue weighted by Crippen LogP contribution is 2.33. The fourth-order valence-electron chi connectivity index (χ4n) is 3.15. The maximum absolute atomic E-state index is 5.19. The minimum atomic E-state index is 0.912. The van der Waals surface area contributed by atoms with Crippen LogP contribution in [0.15, 0.2) is 36.9 Å². The van der Waals surface area contributed by atoms with Crippen molar-refractivity contribution < 1.29 is 4.74 Å². The van der Waals surface area contributed by atoms with Gasteiger partial charge in [-0.05, 0) is 61.6 Å². The van der Waals surface area contributed by atoms with Gasteiger partial charge in [0.2, 0.25) is 0 Å². The van der Waals surface area contributed by atoms with E-state index in [0.717, 1.165) is 17.6 Å². The molecule has 1 fully saturated rings. The van der Waals surface area contributed by atoms with Crippen molar-refractivity contribution in [1.29, 1.82) is 0 Å². The Morgan fingerprint density at radius 2 is 1.74 bits per heavy atom. The van der Waals surface area contributed by atoms with Gasteiger partial charge in [-0.1, -0.05) is 31.1 Å². The Morgan fingerprint density at radius 1 is 1.11 bits per heavy atom. The van der Waals surface area contributed by atoms with Crippen LogP contribution in [0.3, 0.4) is 0 Å². The van der Waals surface area contributed by atoms with Gasteiger partial charge in [0.05, 0.1) is 7.11 Å². The van der Waals surface area contributed by atoms with Crippen LogP contribution in [0.4, 0.5) is 0 Å². The Hall–Kier alpha value is -1.24. The summed E-state index contributed by atoms with van der Waals surface area (Å²) in [6.45, 7) is 3.85. The standard InChI is InChI=1S/C18H26O/c1-3-4-15-5-7-16(8-6-15)9-10-17-11-13-18(19-2)14-12-17/h3,11-16H,1,4-10H2,2H3. The van der Waals surface area contributed by atoms with E-state index in [-0.39, 0.29) is 0 Å². The van der Waals surface area contributed by atoms with Gasteiger partial charge in [-0.25, -0.2) is 0 Å². The lowest BCUT2D eigenvalue weighted by molar-refractivity contribution is 0.265. The SMILES string of the molecule is C=CCC1CCC(CCc2ccc(OC)cc2)CC1. The number of benzene rings is 1. The van der Waals surface area contributed by atoms with E-state index in [9.17, 15) is 0 Å². The molecule has 0 atom stereocenters. The Morgan fingerprint density at radius 3 is 2.32 bits per heavy atom. The van der Waals surface area contributed by atoms with Gasteiger partial charge < -0.3 is 4.74 Å². The molecule has 1 aliphatic rings. The number of hydrogen-bond acceptors (Lipinski definition) is 1. The fraction of sp³-hybridized carbons (Fsp3) is 0.556. The first-order chi connectivity index (χ1) is 9.31. The molecule has 0 aromatic heterocycles. The predicted octanol–water partition coefficient (Wildman–Crippen LogP) is 5.01. The van der Waals surface area contributed by atoms with Crippen LogP contribution in [-0.2, 0) is 6.42 Å². The number of aryl methyl sites for hydroxylation is 1. The van der Waals surface area contributed by atoms with Crippen LogP contribution in [0.5, 0.6) is 5.75 Å². The number of methoxy groups -OCH3 is 1. The zero-order chi connectivity index (χ0) is 13.5. The molecule has 0 unspecified atom stereocenters. The molecule has 1 saturated carbocycles. The molecule has 1 heteroatoms. The van der Waals surface area contributed by atoms with E-state index in [0.29, 0.717) is 0 Å². The van der Waals surface area contributed by atoms with E-state index in [1.165, 1.54) is 50.5 Å². The van der Waals surface area contributed by atoms with Crippen LogP contribution < -0.4 is 4.74 Å².